The molecule has 0 bridgehead atoms. The number of likely N-dealkylation sites (tertiary alicyclic amines) is 1. The fourth-order valence-electron chi connectivity index (χ4n) is 3.56. The summed E-state index contributed by atoms with van der Waals surface area (Å²) in [6.45, 7) is 0.990. The highest BCUT2D eigenvalue weighted by Gasteiger charge is 2.55. The summed E-state index contributed by atoms with van der Waals surface area (Å²) in [5, 5.41) is -0.546. The molecule has 28 heavy (non-hydrogen) atoms. The number of carbonyl (C=O) groups excluding carboxylic acids is 2. The first-order valence-electron chi connectivity index (χ1n) is 9.06. The average molecular weight is 476 g/mol. The van der Waals surface area contributed by atoms with Gasteiger partial charge in [-0.3, -0.25) is 14.6 Å². The standard InChI is InChI=1S/C18H26BrN3O5S/c1-21(17(24)27-20)18(22-11-5-6-12-22,14-15-8-3-2-4-9-15)16(23)28(25,26)13-7-10-19/h2-4,8-9H,5-7,10-14,20H2,1H3. The highest BCUT2D eigenvalue weighted by atomic mass is 79.9. The van der Waals surface area contributed by atoms with Crippen LogP contribution in [0.3, 0.4) is 0 Å². The molecule has 2 N–H and O–H groups in total. The highest BCUT2D eigenvalue weighted by Crippen LogP contribution is 2.32. The summed E-state index contributed by atoms with van der Waals surface area (Å²) >= 11 is 3.20. The van der Waals surface area contributed by atoms with Gasteiger partial charge < -0.3 is 4.84 Å². The van der Waals surface area contributed by atoms with Crippen molar-refractivity contribution in [1.29, 1.82) is 0 Å². The molecular formula is C18H26BrN3O5S. The maximum atomic E-state index is 13.5. The number of hydrogen-bond donors (Lipinski definition) is 1. The first-order chi connectivity index (χ1) is 13.3. The molecule has 1 saturated heterocycles. The van der Waals surface area contributed by atoms with E-state index in [0.717, 1.165) is 23.3 Å². The van der Waals surface area contributed by atoms with Gasteiger partial charge in [-0.05, 0) is 24.8 Å². The van der Waals surface area contributed by atoms with E-state index < -0.39 is 26.7 Å². The minimum atomic E-state index is -4.13. The van der Waals surface area contributed by atoms with Gasteiger partial charge in [0.1, 0.15) is 0 Å². The number of sulfone groups is 1. The van der Waals surface area contributed by atoms with Crippen LogP contribution >= 0.6 is 15.9 Å². The van der Waals surface area contributed by atoms with E-state index in [1.807, 2.05) is 6.07 Å². The molecule has 156 valence electrons. The van der Waals surface area contributed by atoms with Crippen molar-refractivity contribution in [1.82, 2.24) is 9.80 Å². The van der Waals surface area contributed by atoms with Crippen molar-refractivity contribution in [2.75, 3.05) is 31.2 Å². The number of likely N-dealkylation sites (N-methyl/N-ethyl adjacent to an activating group) is 1. The molecular weight excluding hydrogens is 450 g/mol. The molecule has 1 aromatic carbocycles. The molecule has 1 amide bonds. The molecule has 1 heterocycles. The number of alkyl halides is 1. The van der Waals surface area contributed by atoms with Gasteiger partial charge in [-0.25, -0.2) is 13.2 Å². The summed E-state index contributed by atoms with van der Waals surface area (Å²) in [5.41, 5.74) is -0.991. The lowest BCUT2D eigenvalue weighted by atomic mass is 9.97. The largest absolute Gasteiger partial charge is 0.430 e. The van der Waals surface area contributed by atoms with Gasteiger partial charge in [-0.2, -0.15) is 5.90 Å². The molecule has 1 fully saturated rings. The van der Waals surface area contributed by atoms with Gasteiger partial charge in [0.25, 0.3) is 5.12 Å². The van der Waals surface area contributed by atoms with Crippen molar-refractivity contribution in [3.63, 3.8) is 0 Å². The van der Waals surface area contributed by atoms with E-state index >= 15 is 0 Å². The number of benzene rings is 1. The van der Waals surface area contributed by atoms with Crippen LogP contribution in [0.2, 0.25) is 0 Å². The number of hydrogen-bond acceptors (Lipinski definition) is 7. The minimum absolute atomic E-state index is 0.0197. The quantitative estimate of drug-likeness (QED) is 0.449. The zero-order valence-corrected chi connectivity index (χ0v) is 18.2. The third-order valence-electron chi connectivity index (χ3n) is 5.01. The van der Waals surface area contributed by atoms with E-state index in [1.165, 1.54) is 7.05 Å². The van der Waals surface area contributed by atoms with Crippen LogP contribution < -0.4 is 5.90 Å². The van der Waals surface area contributed by atoms with Gasteiger partial charge in [-0.1, -0.05) is 46.3 Å². The van der Waals surface area contributed by atoms with Crippen LogP contribution in [0.4, 0.5) is 4.79 Å². The average Bonchev–Trinajstić information content (AvgIpc) is 3.24. The Kier molecular flexibility index (Phi) is 7.99. The van der Waals surface area contributed by atoms with Crippen molar-refractivity contribution >= 4 is 37.0 Å². The van der Waals surface area contributed by atoms with Gasteiger partial charge in [0.05, 0.1) is 5.75 Å². The topological polar surface area (TPSA) is 110 Å². The lowest BCUT2D eigenvalue weighted by Crippen LogP contribution is -2.68. The van der Waals surface area contributed by atoms with Gasteiger partial charge >= 0.3 is 6.09 Å². The molecule has 10 heteroatoms. The molecule has 0 saturated carbocycles. The Bertz CT molecular complexity index is 784. The van der Waals surface area contributed by atoms with Crippen LogP contribution in [-0.4, -0.2) is 66.3 Å². The second kappa shape index (κ2) is 9.82. The van der Waals surface area contributed by atoms with Crippen LogP contribution in [-0.2, 0) is 25.9 Å². The number of rotatable bonds is 8. The Balaban J connectivity index is 2.61. The van der Waals surface area contributed by atoms with Crippen molar-refractivity contribution in [2.24, 2.45) is 5.90 Å². The second-order valence-electron chi connectivity index (χ2n) is 6.76. The lowest BCUT2D eigenvalue weighted by Gasteiger charge is -2.45. The van der Waals surface area contributed by atoms with E-state index in [0.29, 0.717) is 24.8 Å². The van der Waals surface area contributed by atoms with Crippen molar-refractivity contribution < 1.29 is 22.8 Å². The third-order valence-corrected chi connectivity index (χ3v) is 7.29. The Morgan fingerprint density at radius 3 is 2.39 bits per heavy atom. The molecule has 8 nitrogen and oxygen atoms in total. The minimum Gasteiger partial charge on any atom is -0.357 e. The van der Waals surface area contributed by atoms with E-state index in [2.05, 4.69) is 20.8 Å². The summed E-state index contributed by atoms with van der Waals surface area (Å²) in [5.74, 6) is 4.78. The molecule has 0 aliphatic carbocycles. The smallest absolute Gasteiger partial charge is 0.357 e. The SMILES string of the molecule is CN(C(=O)ON)C(Cc1ccccc1)(C(=O)S(=O)(=O)CCCBr)N1CCCC1. The first-order valence-corrected chi connectivity index (χ1v) is 11.8. The predicted molar refractivity (Wildman–Crippen MR) is 109 cm³/mol. The van der Waals surface area contributed by atoms with Crippen molar-refractivity contribution in [2.45, 2.75) is 31.3 Å². The summed E-state index contributed by atoms with van der Waals surface area (Å²) < 4.78 is 25.8. The summed E-state index contributed by atoms with van der Waals surface area (Å²) in [6.07, 6.45) is 0.951. The summed E-state index contributed by atoms with van der Waals surface area (Å²) in [6, 6.07) is 9.02. The van der Waals surface area contributed by atoms with Gasteiger partial charge in [0.2, 0.25) is 9.84 Å². The maximum Gasteiger partial charge on any atom is 0.430 e. The Morgan fingerprint density at radius 1 is 1.25 bits per heavy atom. The van der Waals surface area contributed by atoms with Gasteiger partial charge in [0.15, 0.2) is 5.66 Å². The van der Waals surface area contributed by atoms with Crippen LogP contribution in [0, 0.1) is 0 Å². The van der Waals surface area contributed by atoms with E-state index in [4.69, 9.17) is 5.90 Å². The van der Waals surface area contributed by atoms with Gasteiger partial charge in [0, 0.05) is 31.9 Å². The molecule has 1 atom stereocenters. The zero-order valence-electron chi connectivity index (χ0n) is 15.8. The zero-order chi connectivity index (χ0) is 20.8. The molecule has 0 radical (unpaired) electrons. The van der Waals surface area contributed by atoms with Crippen molar-refractivity contribution in [3.8, 4) is 0 Å². The van der Waals surface area contributed by atoms with Crippen LogP contribution in [0.1, 0.15) is 24.8 Å². The van der Waals surface area contributed by atoms with Gasteiger partial charge in [-0.15, -0.1) is 0 Å². The fraction of sp³-hybridized carbons (Fsp3) is 0.556. The number of nitrogens with two attached hydrogens (primary N) is 1. The molecule has 2 rings (SSSR count). The predicted octanol–water partition coefficient (Wildman–Crippen LogP) is 1.69. The molecule has 1 aliphatic rings. The number of carbonyl (C=O) groups is 2. The van der Waals surface area contributed by atoms with E-state index in [-0.39, 0.29) is 12.2 Å². The van der Waals surface area contributed by atoms with Crippen LogP contribution in [0.15, 0.2) is 30.3 Å². The van der Waals surface area contributed by atoms with E-state index in [9.17, 15) is 18.0 Å². The Morgan fingerprint density at radius 2 is 1.86 bits per heavy atom. The Hall–Kier alpha value is -1.49. The molecule has 1 aromatic rings. The maximum absolute atomic E-state index is 13.5. The van der Waals surface area contributed by atoms with Crippen molar-refractivity contribution in [3.05, 3.63) is 35.9 Å². The van der Waals surface area contributed by atoms with E-state index in [1.54, 1.807) is 29.2 Å². The Labute approximate surface area is 174 Å². The molecule has 1 aliphatic heterocycles. The first kappa shape index (κ1) is 22.8. The normalized spacial score (nSPS) is 17.1. The monoisotopic (exact) mass is 475 g/mol. The highest BCUT2D eigenvalue weighted by molar-refractivity contribution is 9.09. The fourth-order valence-corrected chi connectivity index (χ4v) is 5.76. The molecule has 0 spiro atoms. The number of nitrogens with zero attached hydrogens (tertiary/aromatic N) is 2. The number of amides is 1. The molecule has 0 aromatic heterocycles. The molecule has 1 unspecified atom stereocenters. The summed E-state index contributed by atoms with van der Waals surface area (Å²) in [4.78, 5) is 33.0. The van der Waals surface area contributed by atoms with Crippen LogP contribution in [0.5, 0.6) is 0 Å². The summed E-state index contributed by atoms with van der Waals surface area (Å²) in [7, 11) is -2.77. The third kappa shape index (κ3) is 4.73. The van der Waals surface area contributed by atoms with Crippen LogP contribution in [0.25, 0.3) is 0 Å². The number of halogens is 1. The lowest BCUT2D eigenvalue weighted by molar-refractivity contribution is -0.133. The second-order valence-corrected chi connectivity index (χ2v) is 9.57.